The molecule has 20 heavy (non-hydrogen) atoms. The first-order valence-corrected chi connectivity index (χ1v) is 6.77. The minimum absolute atomic E-state index is 0.342. The van der Waals surface area contributed by atoms with Crippen LogP contribution in [0.4, 0.5) is 10.1 Å². The Bertz CT molecular complexity index is 509. The van der Waals surface area contributed by atoms with Crippen molar-refractivity contribution in [2.24, 2.45) is 0 Å². The first kappa shape index (κ1) is 14.5. The van der Waals surface area contributed by atoms with E-state index in [-0.39, 0.29) is 5.82 Å². The number of aliphatic carboxylic acids is 1. The summed E-state index contributed by atoms with van der Waals surface area (Å²) < 4.78 is 13.6. The molecule has 0 aliphatic carbocycles. The topological polar surface area (TPSA) is 43.8 Å². The molecule has 1 aromatic carbocycles. The van der Waals surface area contributed by atoms with Gasteiger partial charge in [-0.25, -0.2) is 9.18 Å². The maximum atomic E-state index is 13.6. The van der Waals surface area contributed by atoms with Gasteiger partial charge in [0.1, 0.15) is 5.82 Å². The van der Waals surface area contributed by atoms with Crippen LogP contribution >= 0.6 is 0 Å². The first-order chi connectivity index (χ1) is 9.58. The van der Waals surface area contributed by atoms with Crippen LogP contribution in [0, 0.1) is 5.82 Å². The van der Waals surface area contributed by atoms with E-state index >= 15 is 0 Å². The number of carboxylic acids is 1. The molecule has 1 saturated heterocycles. The van der Waals surface area contributed by atoms with Crippen LogP contribution in [-0.4, -0.2) is 48.7 Å². The monoisotopic (exact) mass is 278 g/mol. The third kappa shape index (κ3) is 3.81. The van der Waals surface area contributed by atoms with Gasteiger partial charge in [0.05, 0.1) is 0 Å². The Kier molecular flexibility index (Phi) is 4.74. The molecule has 1 fully saturated rings. The van der Waals surface area contributed by atoms with Crippen molar-refractivity contribution in [2.45, 2.75) is 6.92 Å². The van der Waals surface area contributed by atoms with Gasteiger partial charge in [-0.05, 0) is 36.4 Å². The molecule has 0 atom stereocenters. The van der Waals surface area contributed by atoms with Gasteiger partial charge in [-0.1, -0.05) is 6.92 Å². The Morgan fingerprint density at radius 2 is 2.00 bits per heavy atom. The van der Waals surface area contributed by atoms with E-state index in [2.05, 4.69) is 16.7 Å². The second-order valence-electron chi connectivity index (χ2n) is 4.84. The Balaban J connectivity index is 2.14. The maximum absolute atomic E-state index is 13.6. The van der Waals surface area contributed by atoms with Crippen LogP contribution in [0.25, 0.3) is 6.08 Å². The van der Waals surface area contributed by atoms with E-state index in [1.54, 1.807) is 0 Å². The summed E-state index contributed by atoms with van der Waals surface area (Å²) in [5, 5.41) is 8.62. The van der Waals surface area contributed by atoms with E-state index in [4.69, 9.17) is 5.11 Å². The zero-order valence-electron chi connectivity index (χ0n) is 11.6. The van der Waals surface area contributed by atoms with Crippen LogP contribution in [-0.2, 0) is 4.79 Å². The summed E-state index contributed by atoms with van der Waals surface area (Å²) in [6.45, 7) is 6.82. The van der Waals surface area contributed by atoms with Gasteiger partial charge >= 0.3 is 5.97 Å². The lowest BCUT2D eigenvalue weighted by atomic mass is 10.1. The van der Waals surface area contributed by atoms with E-state index in [0.29, 0.717) is 5.56 Å². The molecule has 0 radical (unpaired) electrons. The Hall–Kier alpha value is -1.88. The highest BCUT2D eigenvalue weighted by Gasteiger charge is 2.16. The Labute approximate surface area is 118 Å². The average Bonchev–Trinajstić information content (AvgIpc) is 2.44. The first-order valence-electron chi connectivity index (χ1n) is 6.77. The number of carbonyl (C=O) groups is 1. The third-order valence-electron chi connectivity index (χ3n) is 3.51. The minimum Gasteiger partial charge on any atom is -0.478 e. The zero-order chi connectivity index (χ0) is 14.5. The fourth-order valence-electron chi connectivity index (χ4n) is 2.36. The third-order valence-corrected chi connectivity index (χ3v) is 3.51. The summed E-state index contributed by atoms with van der Waals surface area (Å²) in [4.78, 5) is 15.0. The molecule has 4 nitrogen and oxygen atoms in total. The fraction of sp³-hybridized carbons (Fsp3) is 0.400. The number of hydrogen-bond acceptors (Lipinski definition) is 3. The van der Waals surface area contributed by atoms with Crippen molar-refractivity contribution in [3.8, 4) is 0 Å². The highest BCUT2D eigenvalue weighted by Crippen LogP contribution is 2.21. The van der Waals surface area contributed by atoms with Gasteiger partial charge in [0.25, 0.3) is 0 Å². The van der Waals surface area contributed by atoms with Gasteiger partial charge in [-0.15, -0.1) is 0 Å². The lowest BCUT2D eigenvalue weighted by Crippen LogP contribution is -2.46. The van der Waals surface area contributed by atoms with Crippen LogP contribution < -0.4 is 4.90 Å². The van der Waals surface area contributed by atoms with E-state index in [1.165, 1.54) is 18.2 Å². The lowest BCUT2D eigenvalue weighted by molar-refractivity contribution is -0.131. The average molecular weight is 278 g/mol. The quantitative estimate of drug-likeness (QED) is 0.856. The molecule has 0 saturated carbocycles. The Morgan fingerprint density at radius 3 is 2.60 bits per heavy atom. The molecule has 1 aliphatic heterocycles. The SMILES string of the molecule is CCN1CCN(c2cc(F)cc(/C=C/C(=O)O)c2)CC1. The standard InChI is InChI=1S/C15H19FN2O2/c1-2-17-5-7-18(8-6-17)14-10-12(3-4-15(19)20)9-13(16)11-14/h3-4,9-11H,2,5-8H2,1H3,(H,19,20)/b4-3+. The number of piperazine rings is 1. The number of likely N-dealkylation sites (N-methyl/N-ethyl adjacent to an activating group) is 1. The number of hydrogen-bond donors (Lipinski definition) is 1. The van der Waals surface area contributed by atoms with Gasteiger partial charge in [0.2, 0.25) is 0 Å². The summed E-state index contributed by atoms with van der Waals surface area (Å²) >= 11 is 0. The minimum atomic E-state index is -1.03. The second-order valence-corrected chi connectivity index (χ2v) is 4.84. The highest BCUT2D eigenvalue weighted by molar-refractivity contribution is 5.85. The van der Waals surface area contributed by atoms with Crippen LogP contribution in [0.1, 0.15) is 12.5 Å². The van der Waals surface area contributed by atoms with E-state index in [0.717, 1.165) is 44.5 Å². The largest absolute Gasteiger partial charge is 0.478 e. The highest BCUT2D eigenvalue weighted by atomic mass is 19.1. The summed E-state index contributed by atoms with van der Waals surface area (Å²) in [6.07, 6.45) is 2.44. The molecule has 0 spiro atoms. The maximum Gasteiger partial charge on any atom is 0.328 e. The molecule has 1 aliphatic rings. The van der Waals surface area contributed by atoms with Crippen molar-refractivity contribution < 1.29 is 14.3 Å². The molecule has 0 bridgehead atoms. The molecule has 1 heterocycles. The number of carboxylic acid groups (broad SMARTS) is 1. The van der Waals surface area contributed by atoms with Crippen molar-refractivity contribution in [2.75, 3.05) is 37.6 Å². The molecule has 0 unspecified atom stereocenters. The molecule has 0 amide bonds. The summed E-state index contributed by atoms with van der Waals surface area (Å²) in [7, 11) is 0. The van der Waals surface area contributed by atoms with Crippen molar-refractivity contribution in [3.63, 3.8) is 0 Å². The molecule has 5 heteroatoms. The predicted molar refractivity (Wildman–Crippen MR) is 77.4 cm³/mol. The molecular formula is C15H19FN2O2. The fourth-order valence-corrected chi connectivity index (χ4v) is 2.36. The van der Waals surface area contributed by atoms with Crippen molar-refractivity contribution in [1.82, 2.24) is 4.90 Å². The molecule has 1 aromatic rings. The number of rotatable bonds is 4. The molecule has 2 rings (SSSR count). The van der Waals surface area contributed by atoms with Crippen molar-refractivity contribution >= 4 is 17.7 Å². The van der Waals surface area contributed by atoms with E-state index in [9.17, 15) is 9.18 Å². The van der Waals surface area contributed by atoms with E-state index < -0.39 is 5.97 Å². The van der Waals surface area contributed by atoms with Crippen molar-refractivity contribution in [1.29, 1.82) is 0 Å². The zero-order valence-corrected chi connectivity index (χ0v) is 11.6. The van der Waals surface area contributed by atoms with Crippen LogP contribution in [0.2, 0.25) is 0 Å². The van der Waals surface area contributed by atoms with Gasteiger partial charge < -0.3 is 14.9 Å². The van der Waals surface area contributed by atoms with Gasteiger partial charge in [0.15, 0.2) is 0 Å². The normalized spacial score (nSPS) is 16.8. The van der Waals surface area contributed by atoms with Gasteiger partial charge in [-0.3, -0.25) is 0 Å². The summed E-state index contributed by atoms with van der Waals surface area (Å²) in [5.41, 5.74) is 1.38. The smallest absolute Gasteiger partial charge is 0.328 e. The van der Waals surface area contributed by atoms with Crippen LogP contribution in [0.15, 0.2) is 24.3 Å². The molecule has 1 N–H and O–H groups in total. The second kappa shape index (κ2) is 6.52. The predicted octanol–water partition coefficient (Wildman–Crippen LogP) is 2.07. The van der Waals surface area contributed by atoms with Crippen LogP contribution in [0.3, 0.4) is 0 Å². The number of nitrogens with zero attached hydrogens (tertiary/aromatic N) is 2. The molecule has 108 valence electrons. The number of benzene rings is 1. The number of anilines is 1. The van der Waals surface area contributed by atoms with Crippen LogP contribution in [0.5, 0.6) is 0 Å². The number of halogens is 1. The lowest BCUT2D eigenvalue weighted by Gasteiger charge is -2.35. The Morgan fingerprint density at radius 1 is 1.30 bits per heavy atom. The summed E-state index contributed by atoms with van der Waals surface area (Å²) in [5.74, 6) is -1.38. The van der Waals surface area contributed by atoms with Gasteiger partial charge in [-0.2, -0.15) is 0 Å². The van der Waals surface area contributed by atoms with E-state index in [1.807, 2.05) is 6.07 Å². The van der Waals surface area contributed by atoms with Crippen molar-refractivity contribution in [3.05, 3.63) is 35.7 Å². The van der Waals surface area contributed by atoms with Gasteiger partial charge in [0, 0.05) is 37.9 Å². The molecular weight excluding hydrogens is 259 g/mol. The summed E-state index contributed by atoms with van der Waals surface area (Å²) in [6, 6.07) is 4.66. The molecule has 0 aromatic heterocycles.